The Morgan fingerprint density at radius 1 is 1.11 bits per heavy atom. The lowest BCUT2D eigenvalue weighted by atomic mass is 9.81. The van der Waals surface area contributed by atoms with E-state index in [1.54, 1.807) is 24.5 Å². The van der Waals surface area contributed by atoms with Crippen LogP contribution in [0.3, 0.4) is 0 Å². The number of benzene rings is 2. The molecule has 1 aliphatic heterocycles. The van der Waals surface area contributed by atoms with E-state index in [1.165, 1.54) is 30.4 Å². The Kier molecular flexibility index (Phi) is 7.74. The number of aromatic nitrogens is 3. The van der Waals surface area contributed by atoms with Gasteiger partial charge < -0.3 is 16.0 Å². The van der Waals surface area contributed by atoms with Crippen LogP contribution >= 0.6 is 0 Å². The summed E-state index contributed by atoms with van der Waals surface area (Å²) in [5.74, 6) is 1.10. The smallest absolute Gasteiger partial charge is 0.259 e. The fourth-order valence-corrected chi connectivity index (χ4v) is 5.40. The van der Waals surface area contributed by atoms with Crippen LogP contribution in [0, 0.1) is 5.92 Å². The highest BCUT2D eigenvalue weighted by Crippen LogP contribution is 2.31. The summed E-state index contributed by atoms with van der Waals surface area (Å²) in [4.78, 5) is 17.8. The Balaban J connectivity index is 1.31. The second-order valence-electron chi connectivity index (χ2n) is 11.4. The zero-order valence-corrected chi connectivity index (χ0v) is 22.6. The van der Waals surface area contributed by atoms with Gasteiger partial charge in [0.25, 0.3) is 5.91 Å². The summed E-state index contributed by atoms with van der Waals surface area (Å²) in [5.41, 5.74) is 5.75. The lowest BCUT2D eigenvalue weighted by molar-refractivity contribution is 0.102. The van der Waals surface area contributed by atoms with Gasteiger partial charge in [-0.25, -0.2) is 4.98 Å². The number of fused-ring (bicyclic) bond motifs is 1. The minimum Gasteiger partial charge on any atom is -0.340 e. The third kappa shape index (κ3) is 6.22. The number of hydrogen-bond donors (Lipinski definition) is 4. The van der Waals surface area contributed by atoms with Crippen molar-refractivity contribution < 1.29 is 4.79 Å². The largest absolute Gasteiger partial charge is 0.340 e. The van der Waals surface area contributed by atoms with Crippen molar-refractivity contribution in [2.24, 2.45) is 5.92 Å². The molecule has 4 aromatic rings. The van der Waals surface area contributed by atoms with E-state index in [2.05, 4.69) is 64.0 Å². The first-order valence-corrected chi connectivity index (χ1v) is 13.7. The number of pyridine rings is 1. The molecule has 0 radical (unpaired) electrons. The van der Waals surface area contributed by atoms with Gasteiger partial charge in [-0.3, -0.25) is 9.89 Å². The molecular formula is C31H38N6O. The van der Waals surface area contributed by atoms with Crippen molar-refractivity contribution in [3.63, 3.8) is 0 Å². The van der Waals surface area contributed by atoms with Crippen LogP contribution in [0.1, 0.15) is 67.9 Å². The number of rotatable bonds is 8. The highest BCUT2D eigenvalue weighted by atomic mass is 16.1. The van der Waals surface area contributed by atoms with Crippen LogP contribution in [0.4, 0.5) is 17.2 Å². The van der Waals surface area contributed by atoms with Crippen molar-refractivity contribution in [3.05, 3.63) is 77.6 Å². The van der Waals surface area contributed by atoms with E-state index in [-0.39, 0.29) is 11.3 Å². The third-order valence-electron chi connectivity index (χ3n) is 7.39. The standard InChI is InChI=1S/C31H38N6O/c1-31(2,3)27-14-13-24(17-22(27)9-4-7-21-8-5-15-32-19-21)36-30(38)26-10-6-16-33-29(26)35-25-12-11-23-20-34-37-28(23)18-25/h6,10-14,16-18,20-21,32H,4-5,7-9,15,19H2,1-3H3,(H,33,35)(H,34,37)(H,36,38). The molecule has 1 saturated heterocycles. The SMILES string of the molecule is CC(C)(C)c1ccc(NC(=O)c2cccnc2Nc2ccc3cn[nH]c3c2)cc1CCCC1CCCNC1. The van der Waals surface area contributed by atoms with Crippen LogP contribution in [0.15, 0.2) is 60.9 Å². The molecule has 0 spiro atoms. The van der Waals surface area contributed by atoms with Crippen molar-refractivity contribution in [1.29, 1.82) is 0 Å². The number of nitrogens with one attached hydrogen (secondary N) is 4. The molecule has 7 heteroatoms. The van der Waals surface area contributed by atoms with Gasteiger partial charge >= 0.3 is 0 Å². The van der Waals surface area contributed by atoms with Gasteiger partial charge in [-0.05, 0) is 110 Å². The summed E-state index contributed by atoms with van der Waals surface area (Å²) in [5, 5.41) is 18.0. The van der Waals surface area contributed by atoms with Crippen molar-refractivity contribution in [2.45, 2.75) is 58.3 Å². The molecule has 2 aromatic heterocycles. The lowest BCUT2D eigenvalue weighted by Crippen LogP contribution is -2.29. The number of hydrogen-bond acceptors (Lipinski definition) is 5. The second kappa shape index (κ2) is 11.4. The molecule has 1 aliphatic rings. The topological polar surface area (TPSA) is 94.7 Å². The highest BCUT2D eigenvalue weighted by molar-refractivity contribution is 6.08. The number of aromatic amines is 1. The van der Waals surface area contributed by atoms with E-state index in [4.69, 9.17) is 0 Å². The molecule has 7 nitrogen and oxygen atoms in total. The third-order valence-corrected chi connectivity index (χ3v) is 7.39. The molecule has 0 saturated carbocycles. The predicted molar refractivity (Wildman–Crippen MR) is 155 cm³/mol. The molecular weight excluding hydrogens is 472 g/mol. The van der Waals surface area contributed by atoms with Gasteiger partial charge in [0.2, 0.25) is 0 Å². The fourth-order valence-electron chi connectivity index (χ4n) is 5.40. The van der Waals surface area contributed by atoms with Gasteiger partial charge in [-0.1, -0.05) is 26.8 Å². The number of nitrogens with zero attached hydrogens (tertiary/aromatic N) is 2. The first-order chi connectivity index (χ1) is 18.4. The summed E-state index contributed by atoms with van der Waals surface area (Å²) < 4.78 is 0. The van der Waals surface area contributed by atoms with Crippen molar-refractivity contribution >= 4 is 34.0 Å². The maximum Gasteiger partial charge on any atom is 0.259 e. The fraction of sp³-hybridized carbons (Fsp3) is 0.387. The maximum atomic E-state index is 13.4. The van der Waals surface area contributed by atoms with Crippen molar-refractivity contribution in [1.82, 2.24) is 20.5 Å². The normalized spacial score (nSPS) is 15.9. The molecule has 38 heavy (non-hydrogen) atoms. The Hall–Kier alpha value is -3.71. The van der Waals surface area contributed by atoms with E-state index in [1.807, 2.05) is 24.3 Å². The Morgan fingerprint density at radius 2 is 1.97 bits per heavy atom. The number of carbonyl (C=O) groups excluding carboxylic acids is 1. The molecule has 1 unspecified atom stereocenters. The molecule has 2 aromatic carbocycles. The second-order valence-corrected chi connectivity index (χ2v) is 11.4. The average Bonchev–Trinajstić information content (AvgIpc) is 3.37. The summed E-state index contributed by atoms with van der Waals surface area (Å²) in [6.45, 7) is 9.05. The molecule has 3 heterocycles. The van der Waals surface area contributed by atoms with Gasteiger partial charge in [0.1, 0.15) is 5.82 Å². The number of piperidine rings is 1. The Labute approximate surface area is 224 Å². The Bertz CT molecular complexity index is 1400. The van der Waals surface area contributed by atoms with Crippen molar-refractivity contribution in [2.75, 3.05) is 23.7 Å². The zero-order valence-electron chi connectivity index (χ0n) is 22.6. The lowest BCUT2D eigenvalue weighted by Gasteiger charge is -2.25. The van der Waals surface area contributed by atoms with Gasteiger partial charge in [0, 0.05) is 23.0 Å². The molecule has 5 rings (SSSR count). The number of anilines is 3. The molecule has 1 amide bonds. The number of H-pyrrole nitrogens is 1. The van der Waals surface area contributed by atoms with Gasteiger partial charge in [-0.15, -0.1) is 0 Å². The average molecular weight is 511 g/mol. The minimum atomic E-state index is -0.189. The van der Waals surface area contributed by atoms with Crippen LogP contribution in [0.25, 0.3) is 10.9 Å². The van der Waals surface area contributed by atoms with E-state index in [0.29, 0.717) is 11.4 Å². The molecule has 4 N–H and O–H groups in total. The number of aryl methyl sites for hydroxylation is 1. The summed E-state index contributed by atoms with van der Waals surface area (Å²) >= 11 is 0. The number of amides is 1. The van der Waals surface area contributed by atoms with Gasteiger partial charge in [-0.2, -0.15) is 5.10 Å². The molecule has 1 fully saturated rings. The van der Waals surface area contributed by atoms with Crippen LogP contribution in [0.2, 0.25) is 0 Å². The first-order valence-electron chi connectivity index (χ1n) is 13.7. The van der Waals surface area contributed by atoms with Crippen LogP contribution in [-0.2, 0) is 11.8 Å². The van der Waals surface area contributed by atoms with E-state index >= 15 is 0 Å². The maximum absolute atomic E-state index is 13.4. The number of carbonyl (C=O) groups is 1. The summed E-state index contributed by atoms with van der Waals surface area (Å²) in [7, 11) is 0. The van der Waals surface area contributed by atoms with Crippen LogP contribution < -0.4 is 16.0 Å². The van der Waals surface area contributed by atoms with Crippen LogP contribution in [-0.4, -0.2) is 34.2 Å². The minimum absolute atomic E-state index is 0.0421. The Morgan fingerprint density at radius 3 is 2.79 bits per heavy atom. The molecule has 198 valence electrons. The van der Waals surface area contributed by atoms with E-state index in [0.717, 1.165) is 54.1 Å². The zero-order chi connectivity index (χ0) is 26.5. The summed E-state index contributed by atoms with van der Waals surface area (Å²) in [6, 6.07) is 15.8. The first kappa shape index (κ1) is 25.9. The summed E-state index contributed by atoms with van der Waals surface area (Å²) in [6.07, 6.45) is 9.49. The quantitative estimate of drug-likeness (QED) is 0.215. The van der Waals surface area contributed by atoms with Crippen molar-refractivity contribution in [3.8, 4) is 0 Å². The molecule has 0 bridgehead atoms. The van der Waals surface area contributed by atoms with Gasteiger partial charge in [0.15, 0.2) is 0 Å². The molecule has 1 atom stereocenters. The monoisotopic (exact) mass is 510 g/mol. The van der Waals surface area contributed by atoms with E-state index in [9.17, 15) is 4.79 Å². The van der Waals surface area contributed by atoms with E-state index < -0.39 is 0 Å². The predicted octanol–water partition coefficient (Wildman–Crippen LogP) is 6.57. The van der Waals surface area contributed by atoms with Gasteiger partial charge in [0.05, 0.1) is 17.3 Å². The van der Waals surface area contributed by atoms with Crippen LogP contribution in [0.5, 0.6) is 0 Å². The highest BCUT2D eigenvalue weighted by Gasteiger charge is 2.20. The molecule has 0 aliphatic carbocycles.